The minimum absolute atomic E-state index is 0.193. The van der Waals surface area contributed by atoms with Crippen LogP contribution in [0, 0.1) is 0 Å². The summed E-state index contributed by atoms with van der Waals surface area (Å²) in [5.41, 5.74) is 0. The molecular formula is C11H15NO6S2. The fourth-order valence-electron chi connectivity index (χ4n) is 1.39. The first-order valence-electron chi connectivity index (χ1n) is 5.68. The van der Waals surface area contributed by atoms with Gasteiger partial charge in [-0.3, -0.25) is 4.79 Å². The van der Waals surface area contributed by atoms with Crippen LogP contribution in [0.5, 0.6) is 5.75 Å². The van der Waals surface area contributed by atoms with E-state index in [9.17, 15) is 21.6 Å². The number of ether oxygens (including phenoxy) is 1. The fourth-order valence-corrected chi connectivity index (χ4v) is 4.21. The van der Waals surface area contributed by atoms with Crippen LogP contribution < -0.4 is 9.88 Å². The van der Waals surface area contributed by atoms with Gasteiger partial charge >= 0.3 is 5.97 Å². The third kappa shape index (κ3) is 5.27. The molecule has 0 aromatic heterocycles. The summed E-state index contributed by atoms with van der Waals surface area (Å²) in [6.07, 6.45) is 0.894. The maximum Gasteiger partial charge on any atom is 0.311 e. The number of primary sulfonamides is 1. The molecule has 0 amide bonds. The van der Waals surface area contributed by atoms with Crippen LogP contribution in [0.1, 0.15) is 19.8 Å². The number of sulfonamides is 1. The second-order valence-electron chi connectivity index (χ2n) is 4.09. The molecule has 112 valence electrons. The van der Waals surface area contributed by atoms with Gasteiger partial charge in [0, 0.05) is 6.42 Å². The number of esters is 1. The third-order valence-corrected chi connectivity index (χ3v) is 5.73. The van der Waals surface area contributed by atoms with Crippen molar-refractivity contribution < 1.29 is 26.4 Å². The molecule has 0 atom stereocenters. The molecule has 0 spiro atoms. The van der Waals surface area contributed by atoms with Crippen molar-refractivity contribution in [3.05, 3.63) is 24.3 Å². The first-order valence-corrected chi connectivity index (χ1v) is 9.05. The van der Waals surface area contributed by atoms with Crippen LogP contribution in [-0.4, -0.2) is 27.9 Å². The number of sulfone groups is 1. The Balaban J connectivity index is 2.89. The molecule has 0 radical (unpaired) electrons. The highest BCUT2D eigenvalue weighted by atomic mass is 32.3. The maximum atomic E-state index is 11.7. The van der Waals surface area contributed by atoms with E-state index in [0.29, 0.717) is 6.42 Å². The summed E-state index contributed by atoms with van der Waals surface area (Å²) >= 11 is 0. The maximum absolute atomic E-state index is 11.7. The Morgan fingerprint density at radius 2 is 1.70 bits per heavy atom. The second kappa shape index (κ2) is 6.33. The highest BCUT2D eigenvalue weighted by molar-refractivity contribution is 8.07. The molecule has 1 rings (SSSR count). The van der Waals surface area contributed by atoms with Gasteiger partial charge in [0.05, 0.1) is 4.90 Å². The largest absolute Gasteiger partial charge is 0.427 e. The average molecular weight is 321 g/mol. The van der Waals surface area contributed by atoms with Crippen LogP contribution in [0.15, 0.2) is 29.2 Å². The molecule has 20 heavy (non-hydrogen) atoms. The molecule has 0 saturated carbocycles. The monoisotopic (exact) mass is 321 g/mol. The van der Waals surface area contributed by atoms with Crippen LogP contribution in [0.4, 0.5) is 0 Å². The first-order chi connectivity index (χ1) is 9.14. The summed E-state index contributed by atoms with van der Waals surface area (Å²) in [5, 5.41) is 3.54. The van der Waals surface area contributed by atoms with Crippen LogP contribution in [0.3, 0.4) is 0 Å². The summed E-state index contributed by atoms with van der Waals surface area (Å²) in [5.74, 6) is -0.231. The van der Waals surface area contributed by atoms with E-state index < -0.39 is 30.9 Å². The smallest absolute Gasteiger partial charge is 0.311 e. The minimum atomic E-state index is -4.14. The van der Waals surface area contributed by atoms with Crippen molar-refractivity contribution in [3.63, 3.8) is 0 Å². The fraction of sp³-hybridized carbons (Fsp3) is 0.364. The van der Waals surface area contributed by atoms with Gasteiger partial charge in [-0.1, -0.05) is 6.92 Å². The standard InChI is InChI=1S/C11H15NO6S2/c1-2-3-11(13)18-9-4-6-10(7-5-9)19(14,15)8-20(12,16)17/h4-7H,2-3,8H2,1H3,(H2,12,16,17). The van der Waals surface area contributed by atoms with E-state index in [1.54, 1.807) is 0 Å². The van der Waals surface area contributed by atoms with Gasteiger partial charge in [-0.15, -0.1) is 0 Å². The molecule has 1 aromatic rings. The summed E-state index contributed by atoms with van der Waals surface area (Å²) in [6, 6.07) is 4.89. The molecule has 0 heterocycles. The summed E-state index contributed by atoms with van der Waals surface area (Å²) in [6.45, 7) is 1.82. The third-order valence-electron chi connectivity index (χ3n) is 2.19. The van der Waals surface area contributed by atoms with Crippen molar-refractivity contribution in [3.8, 4) is 5.75 Å². The quantitative estimate of drug-likeness (QED) is 0.598. The van der Waals surface area contributed by atoms with Crippen molar-refractivity contribution in [2.75, 3.05) is 5.08 Å². The van der Waals surface area contributed by atoms with Crippen LogP contribution in [-0.2, 0) is 24.7 Å². The summed E-state index contributed by atoms with van der Waals surface area (Å²) in [4.78, 5) is 11.0. The molecule has 9 heteroatoms. The van der Waals surface area contributed by atoms with E-state index in [0.717, 1.165) is 12.1 Å². The highest BCUT2D eigenvalue weighted by Crippen LogP contribution is 2.18. The first kappa shape index (κ1) is 16.6. The molecule has 7 nitrogen and oxygen atoms in total. The molecule has 0 aliphatic heterocycles. The molecule has 0 aliphatic carbocycles. The van der Waals surface area contributed by atoms with Crippen LogP contribution in [0.25, 0.3) is 0 Å². The molecule has 0 saturated heterocycles. The molecule has 0 fully saturated rings. The van der Waals surface area contributed by atoms with Gasteiger partial charge in [-0.05, 0) is 30.7 Å². The average Bonchev–Trinajstić information content (AvgIpc) is 2.26. The predicted octanol–water partition coefficient (Wildman–Crippen LogP) is 0.412. The molecule has 0 unspecified atom stereocenters. The van der Waals surface area contributed by atoms with Gasteiger partial charge in [0.25, 0.3) is 0 Å². The number of carbonyl (C=O) groups excluding carboxylic acids is 1. The second-order valence-corrected chi connectivity index (χ2v) is 8.06. The van der Waals surface area contributed by atoms with Crippen molar-refractivity contribution >= 4 is 25.8 Å². The van der Waals surface area contributed by atoms with E-state index in [4.69, 9.17) is 9.88 Å². The molecule has 2 N–H and O–H groups in total. The van der Waals surface area contributed by atoms with Crippen molar-refractivity contribution in [1.82, 2.24) is 0 Å². The number of nitrogens with two attached hydrogens (primary N) is 1. The lowest BCUT2D eigenvalue weighted by molar-refractivity contribution is -0.134. The zero-order valence-electron chi connectivity index (χ0n) is 10.8. The van der Waals surface area contributed by atoms with Gasteiger partial charge in [0.15, 0.2) is 14.9 Å². The van der Waals surface area contributed by atoms with Gasteiger partial charge in [-0.2, -0.15) is 0 Å². The van der Waals surface area contributed by atoms with Crippen LogP contribution in [0.2, 0.25) is 0 Å². The van der Waals surface area contributed by atoms with Gasteiger partial charge in [0.1, 0.15) is 5.75 Å². The zero-order chi connectivity index (χ0) is 15.4. The zero-order valence-corrected chi connectivity index (χ0v) is 12.4. The Kier molecular flexibility index (Phi) is 5.26. The van der Waals surface area contributed by atoms with Gasteiger partial charge < -0.3 is 4.74 Å². The lowest BCUT2D eigenvalue weighted by Gasteiger charge is -2.06. The number of hydrogen-bond acceptors (Lipinski definition) is 6. The Morgan fingerprint density at radius 1 is 1.15 bits per heavy atom. The van der Waals surface area contributed by atoms with E-state index in [-0.39, 0.29) is 17.1 Å². The number of rotatable bonds is 6. The molecular weight excluding hydrogens is 306 g/mol. The number of hydrogen-bond donors (Lipinski definition) is 1. The normalized spacial score (nSPS) is 12.1. The van der Waals surface area contributed by atoms with Gasteiger partial charge in [-0.25, -0.2) is 22.0 Å². The Hall–Kier alpha value is -1.45. The predicted molar refractivity (Wildman–Crippen MR) is 72.1 cm³/mol. The molecule has 1 aromatic carbocycles. The highest BCUT2D eigenvalue weighted by Gasteiger charge is 2.21. The van der Waals surface area contributed by atoms with Crippen molar-refractivity contribution in [2.24, 2.45) is 5.14 Å². The Morgan fingerprint density at radius 3 is 2.15 bits per heavy atom. The number of benzene rings is 1. The summed E-state index contributed by atoms with van der Waals surface area (Å²) in [7, 11) is -8.17. The van der Waals surface area contributed by atoms with Gasteiger partial charge in [0.2, 0.25) is 10.0 Å². The molecule has 0 bridgehead atoms. The lowest BCUT2D eigenvalue weighted by atomic mass is 10.3. The van der Waals surface area contributed by atoms with Crippen LogP contribution >= 0.6 is 0 Å². The number of carbonyl (C=O) groups is 1. The Labute approximate surface area is 117 Å². The molecule has 0 aliphatic rings. The van der Waals surface area contributed by atoms with E-state index in [1.165, 1.54) is 12.1 Å². The lowest BCUT2D eigenvalue weighted by Crippen LogP contribution is -2.23. The summed E-state index contributed by atoms with van der Waals surface area (Å²) < 4.78 is 50.0. The minimum Gasteiger partial charge on any atom is -0.427 e. The van der Waals surface area contributed by atoms with E-state index in [2.05, 4.69) is 0 Å². The topological polar surface area (TPSA) is 121 Å². The SMILES string of the molecule is CCCC(=O)Oc1ccc(S(=O)(=O)CS(N)(=O)=O)cc1. The Bertz CT molecular complexity index is 676. The van der Waals surface area contributed by atoms with Crippen molar-refractivity contribution in [2.45, 2.75) is 24.7 Å². The van der Waals surface area contributed by atoms with E-state index >= 15 is 0 Å². The van der Waals surface area contributed by atoms with Crippen molar-refractivity contribution in [1.29, 1.82) is 0 Å². The van der Waals surface area contributed by atoms with E-state index in [1.807, 2.05) is 6.92 Å².